The van der Waals surface area contributed by atoms with Crippen LogP contribution in [0.15, 0.2) is 18.2 Å². The topological polar surface area (TPSA) is 18.5 Å². The third-order valence-corrected chi connectivity index (χ3v) is 4.63. The van der Waals surface area contributed by atoms with Gasteiger partial charge in [-0.15, -0.1) is 0 Å². The highest BCUT2D eigenvalue weighted by Gasteiger charge is 2.28. The van der Waals surface area contributed by atoms with Crippen molar-refractivity contribution >= 4 is 11.6 Å². The molecule has 1 unspecified atom stereocenters. The van der Waals surface area contributed by atoms with Gasteiger partial charge in [0, 0.05) is 57.4 Å². The van der Waals surface area contributed by atoms with Gasteiger partial charge in [0.05, 0.1) is 5.02 Å². The summed E-state index contributed by atoms with van der Waals surface area (Å²) >= 11 is 5.84. The minimum atomic E-state index is -0.264. The van der Waals surface area contributed by atoms with E-state index in [9.17, 15) is 4.39 Å². The molecule has 5 heteroatoms. The summed E-state index contributed by atoms with van der Waals surface area (Å²) in [5.74, 6) is -0.264. The normalized spacial score (nSPS) is 25.2. The molecule has 20 heavy (non-hydrogen) atoms. The molecule has 110 valence electrons. The number of piperazine rings is 1. The van der Waals surface area contributed by atoms with Gasteiger partial charge in [-0.2, -0.15) is 0 Å². The lowest BCUT2D eigenvalue weighted by atomic mass is 10.2. The van der Waals surface area contributed by atoms with Crippen LogP contribution in [-0.4, -0.2) is 55.1 Å². The summed E-state index contributed by atoms with van der Waals surface area (Å²) in [4.78, 5) is 4.90. The third-order valence-electron chi connectivity index (χ3n) is 4.34. The Labute approximate surface area is 124 Å². The fourth-order valence-electron chi connectivity index (χ4n) is 3.21. The Balaban J connectivity index is 1.58. The molecule has 3 nitrogen and oxygen atoms in total. The van der Waals surface area contributed by atoms with Crippen molar-refractivity contribution < 1.29 is 4.39 Å². The van der Waals surface area contributed by atoms with Crippen molar-refractivity contribution in [3.63, 3.8) is 0 Å². The quantitative estimate of drug-likeness (QED) is 0.920. The highest BCUT2D eigenvalue weighted by Crippen LogP contribution is 2.22. The maximum absolute atomic E-state index is 13.9. The smallest absolute Gasteiger partial charge is 0.146 e. The molecule has 0 bridgehead atoms. The van der Waals surface area contributed by atoms with E-state index in [1.807, 2.05) is 12.1 Å². The molecule has 1 aromatic rings. The van der Waals surface area contributed by atoms with Gasteiger partial charge in [-0.25, -0.2) is 4.39 Å². The second-order valence-electron chi connectivity index (χ2n) is 5.68. The van der Waals surface area contributed by atoms with Crippen LogP contribution in [0, 0.1) is 5.82 Å². The van der Waals surface area contributed by atoms with Crippen LogP contribution >= 0.6 is 11.6 Å². The average Bonchev–Trinajstić information content (AvgIpc) is 2.93. The summed E-state index contributed by atoms with van der Waals surface area (Å²) in [6.07, 6.45) is 1.18. The number of likely N-dealkylation sites (tertiary alicyclic amines) is 1. The van der Waals surface area contributed by atoms with Crippen LogP contribution in [0.5, 0.6) is 0 Å². The first kappa shape index (κ1) is 14.3. The minimum absolute atomic E-state index is 0.223. The van der Waals surface area contributed by atoms with E-state index in [0.29, 0.717) is 18.2 Å². The number of halogens is 2. The molecular weight excluding hydrogens is 277 g/mol. The molecule has 2 fully saturated rings. The SMILES string of the molecule is Fc1c(Cl)cccc1CN1CCC(N2CCNCC2)C1. The molecular formula is C15H21ClFN3. The van der Waals surface area contributed by atoms with Crippen LogP contribution in [0.4, 0.5) is 4.39 Å². The van der Waals surface area contributed by atoms with Gasteiger partial charge < -0.3 is 5.32 Å². The Morgan fingerprint density at radius 1 is 1.25 bits per heavy atom. The average molecular weight is 298 g/mol. The van der Waals surface area contributed by atoms with Crippen LogP contribution in [0.2, 0.25) is 5.02 Å². The van der Waals surface area contributed by atoms with Crippen molar-refractivity contribution in [2.45, 2.75) is 19.0 Å². The van der Waals surface area contributed by atoms with Gasteiger partial charge in [-0.3, -0.25) is 9.80 Å². The Bertz CT molecular complexity index is 462. The number of nitrogens with one attached hydrogen (secondary N) is 1. The largest absolute Gasteiger partial charge is 0.314 e. The number of hydrogen-bond donors (Lipinski definition) is 1. The summed E-state index contributed by atoms with van der Waals surface area (Å²) in [6, 6.07) is 5.89. The van der Waals surface area contributed by atoms with Crippen LogP contribution in [0.25, 0.3) is 0 Å². The van der Waals surface area contributed by atoms with E-state index < -0.39 is 0 Å². The second-order valence-corrected chi connectivity index (χ2v) is 6.08. The predicted octanol–water partition coefficient (Wildman–Crippen LogP) is 1.96. The van der Waals surface area contributed by atoms with E-state index in [1.54, 1.807) is 6.07 Å². The third kappa shape index (κ3) is 3.14. The van der Waals surface area contributed by atoms with Crippen molar-refractivity contribution in [1.82, 2.24) is 15.1 Å². The van der Waals surface area contributed by atoms with E-state index in [4.69, 9.17) is 11.6 Å². The fourth-order valence-corrected chi connectivity index (χ4v) is 3.41. The highest BCUT2D eigenvalue weighted by atomic mass is 35.5. The summed E-state index contributed by atoms with van der Waals surface area (Å²) in [7, 11) is 0. The number of nitrogens with zero attached hydrogens (tertiary/aromatic N) is 2. The van der Waals surface area contributed by atoms with E-state index in [0.717, 1.165) is 39.3 Å². The van der Waals surface area contributed by atoms with Crippen molar-refractivity contribution in [2.24, 2.45) is 0 Å². The van der Waals surface area contributed by atoms with E-state index >= 15 is 0 Å². The summed E-state index contributed by atoms with van der Waals surface area (Å²) < 4.78 is 13.9. The molecule has 2 saturated heterocycles. The Morgan fingerprint density at radius 3 is 2.85 bits per heavy atom. The van der Waals surface area contributed by atoms with Gasteiger partial charge >= 0.3 is 0 Å². The van der Waals surface area contributed by atoms with Gasteiger partial charge in [0.15, 0.2) is 0 Å². The fraction of sp³-hybridized carbons (Fsp3) is 0.600. The molecule has 2 heterocycles. The first-order valence-corrected chi connectivity index (χ1v) is 7.72. The lowest BCUT2D eigenvalue weighted by Crippen LogP contribution is -2.49. The summed E-state index contributed by atoms with van der Waals surface area (Å²) in [6.45, 7) is 7.16. The molecule has 3 rings (SSSR count). The molecule has 0 spiro atoms. The number of rotatable bonds is 3. The summed E-state index contributed by atoms with van der Waals surface area (Å²) in [5, 5.41) is 3.61. The Kier molecular flexibility index (Phi) is 4.56. The van der Waals surface area contributed by atoms with Gasteiger partial charge in [-0.1, -0.05) is 23.7 Å². The molecule has 1 aromatic carbocycles. The first-order chi connectivity index (χ1) is 9.74. The lowest BCUT2D eigenvalue weighted by Gasteiger charge is -2.32. The van der Waals surface area contributed by atoms with Crippen molar-refractivity contribution in [2.75, 3.05) is 39.3 Å². The van der Waals surface area contributed by atoms with E-state index in [2.05, 4.69) is 15.1 Å². The second kappa shape index (κ2) is 6.39. The molecule has 0 saturated carbocycles. The van der Waals surface area contributed by atoms with Gasteiger partial charge in [-0.05, 0) is 12.5 Å². The zero-order valence-electron chi connectivity index (χ0n) is 11.6. The van der Waals surface area contributed by atoms with Crippen molar-refractivity contribution in [1.29, 1.82) is 0 Å². The van der Waals surface area contributed by atoms with Crippen LogP contribution < -0.4 is 5.32 Å². The molecule has 0 aromatic heterocycles. The molecule has 2 aliphatic rings. The van der Waals surface area contributed by atoms with Gasteiger partial charge in [0.25, 0.3) is 0 Å². The van der Waals surface area contributed by atoms with E-state index in [1.165, 1.54) is 6.42 Å². The summed E-state index contributed by atoms with van der Waals surface area (Å²) in [5.41, 5.74) is 0.707. The van der Waals surface area contributed by atoms with Crippen LogP contribution in [0.3, 0.4) is 0 Å². The zero-order chi connectivity index (χ0) is 13.9. The molecule has 1 N–H and O–H groups in total. The van der Waals surface area contributed by atoms with Crippen molar-refractivity contribution in [3.05, 3.63) is 34.6 Å². The Morgan fingerprint density at radius 2 is 2.05 bits per heavy atom. The Hall–Kier alpha value is -0.680. The monoisotopic (exact) mass is 297 g/mol. The van der Waals surface area contributed by atoms with Crippen LogP contribution in [-0.2, 0) is 6.54 Å². The molecule has 1 atom stereocenters. The molecule has 0 aliphatic carbocycles. The molecule has 0 radical (unpaired) electrons. The van der Waals surface area contributed by atoms with Crippen LogP contribution in [0.1, 0.15) is 12.0 Å². The first-order valence-electron chi connectivity index (χ1n) is 7.34. The minimum Gasteiger partial charge on any atom is -0.314 e. The van der Waals surface area contributed by atoms with Crippen molar-refractivity contribution in [3.8, 4) is 0 Å². The lowest BCUT2D eigenvalue weighted by molar-refractivity contribution is 0.170. The number of hydrogen-bond acceptors (Lipinski definition) is 3. The predicted molar refractivity (Wildman–Crippen MR) is 79.5 cm³/mol. The number of benzene rings is 1. The zero-order valence-corrected chi connectivity index (χ0v) is 12.4. The maximum atomic E-state index is 13.9. The standard InChI is InChI=1S/C15H21ClFN3/c16-14-3-1-2-12(15(14)17)10-19-7-4-13(11-19)20-8-5-18-6-9-20/h1-3,13,18H,4-11H2. The van der Waals surface area contributed by atoms with Gasteiger partial charge in [0.1, 0.15) is 5.82 Å². The van der Waals surface area contributed by atoms with Gasteiger partial charge in [0.2, 0.25) is 0 Å². The van der Waals surface area contributed by atoms with E-state index in [-0.39, 0.29) is 10.8 Å². The maximum Gasteiger partial charge on any atom is 0.146 e. The molecule has 0 amide bonds. The highest BCUT2D eigenvalue weighted by molar-refractivity contribution is 6.30. The molecule has 2 aliphatic heterocycles.